The van der Waals surface area contributed by atoms with E-state index < -0.39 is 4.92 Å². The number of rotatable bonds is 3. The van der Waals surface area contributed by atoms with Gasteiger partial charge in [0.05, 0.1) is 16.0 Å². The van der Waals surface area contributed by atoms with Gasteiger partial charge in [-0.3, -0.25) is 14.9 Å². The fourth-order valence-corrected chi connectivity index (χ4v) is 2.38. The van der Waals surface area contributed by atoms with E-state index in [1.165, 1.54) is 6.07 Å². The van der Waals surface area contributed by atoms with Gasteiger partial charge < -0.3 is 15.4 Å². The minimum absolute atomic E-state index is 0.00168. The average molecular weight is 300 g/mol. The summed E-state index contributed by atoms with van der Waals surface area (Å²) in [6, 6.07) is 2.51. The van der Waals surface area contributed by atoms with Gasteiger partial charge in [-0.2, -0.15) is 0 Å². The highest BCUT2D eigenvalue weighted by molar-refractivity contribution is 6.34. The van der Waals surface area contributed by atoms with E-state index in [2.05, 4.69) is 0 Å². The van der Waals surface area contributed by atoms with Crippen LogP contribution in [0, 0.1) is 10.1 Å². The lowest BCUT2D eigenvalue weighted by atomic mass is 10.1. The fraction of sp³-hybridized carbons (Fsp3) is 0.417. The van der Waals surface area contributed by atoms with Crippen LogP contribution in [0.15, 0.2) is 12.1 Å². The summed E-state index contributed by atoms with van der Waals surface area (Å²) in [7, 11) is 1.59. The number of nitrogens with zero attached hydrogens (tertiary/aromatic N) is 2. The third kappa shape index (κ3) is 2.68. The van der Waals surface area contributed by atoms with Crippen LogP contribution in [0.2, 0.25) is 5.02 Å². The number of carbonyl (C=O) groups is 1. The van der Waals surface area contributed by atoms with Gasteiger partial charge in [-0.15, -0.1) is 0 Å². The van der Waals surface area contributed by atoms with E-state index >= 15 is 0 Å². The number of methoxy groups -OCH3 is 1. The summed E-state index contributed by atoms with van der Waals surface area (Å²) in [4.78, 5) is 24.1. The third-order valence-electron chi connectivity index (χ3n) is 3.32. The Morgan fingerprint density at radius 3 is 2.85 bits per heavy atom. The highest BCUT2D eigenvalue weighted by atomic mass is 35.5. The van der Waals surface area contributed by atoms with Crippen molar-refractivity contribution in [2.24, 2.45) is 0 Å². The Balaban J connectivity index is 2.29. The molecule has 1 saturated heterocycles. The molecule has 7 nitrogen and oxygen atoms in total. The molecule has 0 aromatic heterocycles. The van der Waals surface area contributed by atoms with Crippen molar-refractivity contribution >= 4 is 28.9 Å². The summed E-state index contributed by atoms with van der Waals surface area (Å²) in [6.07, 6.45) is 0.741. The Morgan fingerprint density at radius 1 is 1.60 bits per heavy atom. The van der Waals surface area contributed by atoms with Gasteiger partial charge in [0.1, 0.15) is 5.69 Å². The monoisotopic (exact) mass is 299 g/mol. The number of benzene rings is 1. The molecule has 2 N–H and O–H groups in total. The van der Waals surface area contributed by atoms with Gasteiger partial charge in [0, 0.05) is 31.8 Å². The first kappa shape index (κ1) is 14.5. The Morgan fingerprint density at radius 2 is 2.30 bits per heavy atom. The van der Waals surface area contributed by atoms with E-state index in [1.807, 2.05) is 0 Å². The standard InChI is InChI=1S/C12H14ClN3O4/c1-20-8-2-3-15(6-8)12(17)7-4-9(13)11(14)10(5-7)16(18)19/h4-5,8H,2-3,6,14H2,1H3. The molecular formula is C12H14ClN3O4. The summed E-state index contributed by atoms with van der Waals surface area (Å²) in [5.41, 5.74) is 5.20. The molecule has 1 aliphatic heterocycles. The molecule has 0 spiro atoms. The molecule has 8 heteroatoms. The van der Waals surface area contributed by atoms with E-state index in [0.29, 0.717) is 13.1 Å². The second kappa shape index (κ2) is 5.64. The molecule has 0 bridgehead atoms. The van der Waals surface area contributed by atoms with Crippen molar-refractivity contribution in [1.29, 1.82) is 0 Å². The van der Waals surface area contributed by atoms with Crippen LogP contribution in [0.1, 0.15) is 16.8 Å². The molecule has 108 valence electrons. The van der Waals surface area contributed by atoms with Crippen molar-refractivity contribution in [1.82, 2.24) is 4.90 Å². The topological polar surface area (TPSA) is 98.7 Å². The van der Waals surface area contributed by atoms with Crippen molar-refractivity contribution in [3.8, 4) is 0 Å². The number of hydrogen-bond donors (Lipinski definition) is 1. The Hall–Kier alpha value is -1.86. The zero-order valence-electron chi connectivity index (χ0n) is 10.8. The van der Waals surface area contributed by atoms with Crippen molar-refractivity contribution in [2.45, 2.75) is 12.5 Å². The van der Waals surface area contributed by atoms with Crippen molar-refractivity contribution < 1.29 is 14.5 Å². The number of anilines is 1. The summed E-state index contributed by atoms with van der Waals surface area (Å²) < 4.78 is 5.18. The zero-order valence-corrected chi connectivity index (χ0v) is 11.6. The van der Waals surface area contributed by atoms with E-state index in [9.17, 15) is 14.9 Å². The molecule has 1 fully saturated rings. The summed E-state index contributed by atoms with van der Waals surface area (Å²) >= 11 is 5.84. The molecule has 20 heavy (non-hydrogen) atoms. The minimum Gasteiger partial charge on any atom is -0.392 e. The number of nitrogen functional groups attached to an aromatic ring is 1. The van der Waals surface area contributed by atoms with Crippen LogP contribution in [0.25, 0.3) is 0 Å². The summed E-state index contributed by atoms with van der Waals surface area (Å²) in [5.74, 6) is -0.311. The largest absolute Gasteiger partial charge is 0.392 e. The lowest BCUT2D eigenvalue weighted by Crippen LogP contribution is -2.30. The predicted octanol–water partition coefficient (Wildman–Crippen LogP) is 1.69. The van der Waals surface area contributed by atoms with E-state index in [-0.39, 0.29) is 34.0 Å². The zero-order chi connectivity index (χ0) is 14.9. The number of nitro groups is 1. The Bertz CT molecular complexity index is 564. The summed E-state index contributed by atoms with van der Waals surface area (Å²) in [5, 5.41) is 10.9. The summed E-state index contributed by atoms with van der Waals surface area (Å²) in [6.45, 7) is 1.01. The molecule has 1 aromatic carbocycles. The molecule has 1 atom stereocenters. The van der Waals surface area contributed by atoms with E-state index in [0.717, 1.165) is 12.5 Å². The SMILES string of the molecule is COC1CCN(C(=O)c2cc(Cl)c(N)c([N+](=O)[O-])c2)C1. The van der Waals surface area contributed by atoms with Gasteiger partial charge in [-0.1, -0.05) is 11.6 Å². The Kier molecular flexibility index (Phi) is 4.10. The molecule has 0 aliphatic carbocycles. The first-order valence-corrected chi connectivity index (χ1v) is 6.37. The molecular weight excluding hydrogens is 286 g/mol. The van der Waals surface area contributed by atoms with Gasteiger partial charge >= 0.3 is 0 Å². The van der Waals surface area contributed by atoms with Gasteiger partial charge in [-0.25, -0.2) is 0 Å². The van der Waals surface area contributed by atoms with Crippen molar-refractivity contribution in [2.75, 3.05) is 25.9 Å². The molecule has 2 rings (SSSR count). The normalized spacial score (nSPS) is 18.3. The maximum Gasteiger partial charge on any atom is 0.294 e. The maximum atomic E-state index is 12.3. The molecule has 0 saturated carbocycles. The van der Waals surface area contributed by atoms with Crippen molar-refractivity contribution in [3.05, 3.63) is 32.8 Å². The van der Waals surface area contributed by atoms with Gasteiger partial charge in [0.25, 0.3) is 11.6 Å². The number of carbonyl (C=O) groups excluding carboxylic acids is 1. The first-order valence-electron chi connectivity index (χ1n) is 5.99. The minimum atomic E-state index is -0.653. The number of halogens is 1. The lowest BCUT2D eigenvalue weighted by molar-refractivity contribution is -0.383. The van der Waals surface area contributed by atoms with Crippen LogP contribution in [0.3, 0.4) is 0 Å². The molecule has 1 unspecified atom stereocenters. The number of likely N-dealkylation sites (tertiary alicyclic amines) is 1. The van der Waals surface area contributed by atoms with Crippen LogP contribution in [-0.4, -0.2) is 42.0 Å². The molecule has 1 heterocycles. The number of nitrogens with two attached hydrogens (primary N) is 1. The first-order chi connectivity index (χ1) is 9.43. The molecule has 1 amide bonds. The van der Waals surface area contributed by atoms with Crippen LogP contribution in [0.5, 0.6) is 0 Å². The molecule has 1 aromatic rings. The highest BCUT2D eigenvalue weighted by Gasteiger charge is 2.28. The fourth-order valence-electron chi connectivity index (χ4n) is 2.17. The van der Waals surface area contributed by atoms with Crippen LogP contribution in [0.4, 0.5) is 11.4 Å². The second-order valence-electron chi connectivity index (χ2n) is 4.55. The average Bonchev–Trinajstić information content (AvgIpc) is 2.89. The van der Waals surface area contributed by atoms with Gasteiger partial charge in [0.15, 0.2) is 0 Å². The predicted molar refractivity (Wildman–Crippen MR) is 73.8 cm³/mol. The number of nitro benzene ring substituents is 1. The van der Waals surface area contributed by atoms with Crippen LogP contribution < -0.4 is 5.73 Å². The number of amides is 1. The number of hydrogen-bond acceptors (Lipinski definition) is 5. The highest BCUT2D eigenvalue weighted by Crippen LogP contribution is 2.31. The lowest BCUT2D eigenvalue weighted by Gasteiger charge is -2.16. The van der Waals surface area contributed by atoms with E-state index in [4.69, 9.17) is 22.1 Å². The Labute approximate surface area is 120 Å². The molecule has 0 radical (unpaired) electrons. The van der Waals surface area contributed by atoms with Gasteiger partial charge in [0.2, 0.25) is 0 Å². The molecule has 1 aliphatic rings. The maximum absolute atomic E-state index is 12.3. The van der Waals surface area contributed by atoms with E-state index in [1.54, 1.807) is 12.0 Å². The van der Waals surface area contributed by atoms with Crippen molar-refractivity contribution in [3.63, 3.8) is 0 Å². The quantitative estimate of drug-likeness (QED) is 0.520. The second-order valence-corrected chi connectivity index (χ2v) is 4.95. The van der Waals surface area contributed by atoms with Gasteiger partial charge in [-0.05, 0) is 12.5 Å². The third-order valence-corrected chi connectivity index (χ3v) is 3.63. The van der Waals surface area contributed by atoms with Crippen LogP contribution >= 0.6 is 11.6 Å². The number of ether oxygens (including phenoxy) is 1. The smallest absolute Gasteiger partial charge is 0.294 e. The van der Waals surface area contributed by atoms with Crippen LogP contribution in [-0.2, 0) is 4.74 Å².